The molecule has 0 spiro atoms. The van der Waals surface area contributed by atoms with Crippen molar-refractivity contribution in [3.8, 4) is 17.2 Å². The molecule has 44 heavy (non-hydrogen) atoms. The third-order valence-corrected chi connectivity index (χ3v) is 7.39. The minimum absolute atomic E-state index is 0.0973. The molecule has 2 amide bonds. The average molecular weight is 592 g/mol. The number of H-pyrrole nitrogens is 1. The fraction of sp³-hybridized carbons (Fsp3) is 0.222. The fourth-order valence-corrected chi connectivity index (χ4v) is 5.13. The Labute approximate surface area is 257 Å². The lowest BCUT2D eigenvalue weighted by Crippen LogP contribution is -2.47. The number of rotatable bonds is 14. The molecule has 0 aliphatic heterocycles. The van der Waals surface area contributed by atoms with Gasteiger partial charge < -0.3 is 29.4 Å². The zero-order chi connectivity index (χ0) is 30.7. The maximum Gasteiger partial charge on any atom is 0.258 e. The fourth-order valence-electron chi connectivity index (χ4n) is 5.13. The molecule has 1 aromatic heterocycles. The van der Waals surface area contributed by atoms with E-state index in [4.69, 9.17) is 14.2 Å². The summed E-state index contributed by atoms with van der Waals surface area (Å²) in [5.74, 6) is 1.60. The highest BCUT2D eigenvalue weighted by molar-refractivity contribution is 5.83. The molecule has 8 heteroatoms. The van der Waals surface area contributed by atoms with Crippen molar-refractivity contribution in [2.75, 3.05) is 20.3 Å². The van der Waals surface area contributed by atoms with Crippen molar-refractivity contribution in [2.24, 2.45) is 0 Å². The normalized spacial score (nSPS) is 11.5. The van der Waals surface area contributed by atoms with E-state index in [9.17, 15) is 9.59 Å². The maximum absolute atomic E-state index is 13.2. The first-order valence-corrected chi connectivity index (χ1v) is 14.6. The predicted molar refractivity (Wildman–Crippen MR) is 171 cm³/mol. The van der Waals surface area contributed by atoms with E-state index in [0.29, 0.717) is 43.4 Å². The second kappa shape index (κ2) is 14.8. The summed E-state index contributed by atoms with van der Waals surface area (Å²) in [4.78, 5) is 31.0. The second-order valence-corrected chi connectivity index (χ2v) is 10.6. The third-order valence-electron chi connectivity index (χ3n) is 7.39. The highest BCUT2D eigenvalue weighted by Crippen LogP contribution is 2.23. The summed E-state index contributed by atoms with van der Waals surface area (Å²) >= 11 is 0. The van der Waals surface area contributed by atoms with Gasteiger partial charge in [0.15, 0.2) is 6.61 Å². The van der Waals surface area contributed by atoms with Crippen LogP contribution in [0.5, 0.6) is 17.2 Å². The van der Waals surface area contributed by atoms with Crippen LogP contribution in [-0.2, 0) is 29.2 Å². The van der Waals surface area contributed by atoms with Gasteiger partial charge in [0.1, 0.15) is 23.9 Å². The van der Waals surface area contributed by atoms with Crippen LogP contribution in [0.25, 0.3) is 10.9 Å². The number of nitrogens with zero attached hydrogens (tertiary/aromatic N) is 1. The SMILES string of the molecule is COc1ccccc1CN(C[C@@H](Cc1c[nH]c2ccccc12)NC(=O)COc1ccc(OCc2ccccc2)cc1)C(C)=O. The van der Waals surface area contributed by atoms with Crippen molar-refractivity contribution < 1.29 is 23.8 Å². The summed E-state index contributed by atoms with van der Waals surface area (Å²) in [6.07, 6.45) is 2.49. The number of aromatic amines is 1. The highest BCUT2D eigenvalue weighted by atomic mass is 16.5. The topological polar surface area (TPSA) is 92.9 Å². The van der Waals surface area contributed by atoms with Gasteiger partial charge in [0.05, 0.1) is 13.2 Å². The molecule has 8 nitrogen and oxygen atoms in total. The maximum atomic E-state index is 13.2. The van der Waals surface area contributed by atoms with E-state index in [1.165, 1.54) is 6.92 Å². The average Bonchev–Trinajstić information content (AvgIpc) is 3.46. The Balaban J connectivity index is 1.24. The van der Waals surface area contributed by atoms with Crippen LogP contribution in [0, 0.1) is 0 Å². The van der Waals surface area contributed by atoms with Crippen molar-refractivity contribution in [3.05, 3.63) is 126 Å². The molecule has 4 aromatic carbocycles. The largest absolute Gasteiger partial charge is 0.496 e. The molecule has 0 aliphatic rings. The zero-order valence-corrected chi connectivity index (χ0v) is 25.0. The van der Waals surface area contributed by atoms with Crippen molar-refractivity contribution in [1.29, 1.82) is 0 Å². The monoisotopic (exact) mass is 591 g/mol. The van der Waals surface area contributed by atoms with E-state index in [1.54, 1.807) is 24.1 Å². The summed E-state index contributed by atoms with van der Waals surface area (Å²) in [6.45, 7) is 2.51. The van der Waals surface area contributed by atoms with Crippen molar-refractivity contribution >= 4 is 22.7 Å². The van der Waals surface area contributed by atoms with Gasteiger partial charge in [0.25, 0.3) is 5.91 Å². The number of amides is 2. The zero-order valence-electron chi connectivity index (χ0n) is 25.0. The van der Waals surface area contributed by atoms with E-state index in [0.717, 1.165) is 27.6 Å². The summed E-state index contributed by atoms with van der Waals surface area (Å²) in [5.41, 5.74) is 4.04. The van der Waals surface area contributed by atoms with Gasteiger partial charge in [-0.2, -0.15) is 0 Å². The number of para-hydroxylation sites is 2. The van der Waals surface area contributed by atoms with E-state index in [-0.39, 0.29) is 24.5 Å². The molecule has 0 fully saturated rings. The number of hydrogen-bond donors (Lipinski definition) is 2. The quantitative estimate of drug-likeness (QED) is 0.168. The number of hydrogen-bond acceptors (Lipinski definition) is 5. The summed E-state index contributed by atoms with van der Waals surface area (Å²) in [5, 5.41) is 4.19. The molecular weight excluding hydrogens is 554 g/mol. The van der Waals surface area contributed by atoms with Gasteiger partial charge in [-0.05, 0) is 53.9 Å². The van der Waals surface area contributed by atoms with Crippen LogP contribution in [0.2, 0.25) is 0 Å². The Hall–Kier alpha value is -5.24. The summed E-state index contributed by atoms with van der Waals surface area (Å²) < 4.78 is 17.1. The molecule has 0 radical (unpaired) electrons. The number of carbonyl (C=O) groups is 2. The van der Waals surface area contributed by atoms with E-state index >= 15 is 0 Å². The van der Waals surface area contributed by atoms with Crippen LogP contribution in [-0.4, -0.2) is 48.0 Å². The molecule has 0 aliphatic carbocycles. The van der Waals surface area contributed by atoms with Crippen molar-refractivity contribution in [2.45, 2.75) is 32.5 Å². The van der Waals surface area contributed by atoms with Gasteiger partial charge in [0.2, 0.25) is 5.91 Å². The minimum atomic E-state index is -0.363. The molecule has 0 unspecified atom stereocenters. The molecule has 0 saturated heterocycles. The first-order chi connectivity index (χ1) is 21.5. The Morgan fingerprint density at radius 1 is 0.818 bits per heavy atom. The number of nitrogens with one attached hydrogen (secondary N) is 2. The van der Waals surface area contributed by atoms with Gasteiger partial charge in [0, 0.05) is 42.7 Å². The van der Waals surface area contributed by atoms with E-state index in [1.807, 2.05) is 97.2 Å². The molecule has 1 atom stereocenters. The lowest BCUT2D eigenvalue weighted by atomic mass is 10.0. The Kier molecular flexibility index (Phi) is 10.2. The third kappa shape index (κ3) is 8.19. The lowest BCUT2D eigenvalue weighted by Gasteiger charge is -2.28. The van der Waals surface area contributed by atoms with Gasteiger partial charge in [-0.15, -0.1) is 0 Å². The molecule has 1 heterocycles. The predicted octanol–water partition coefficient (Wildman–Crippen LogP) is 5.91. The smallest absolute Gasteiger partial charge is 0.258 e. The van der Waals surface area contributed by atoms with E-state index < -0.39 is 0 Å². The van der Waals surface area contributed by atoms with Crippen LogP contribution in [0.15, 0.2) is 109 Å². The lowest BCUT2D eigenvalue weighted by molar-refractivity contribution is -0.131. The molecule has 5 aromatic rings. The summed E-state index contributed by atoms with van der Waals surface area (Å²) in [7, 11) is 1.61. The van der Waals surface area contributed by atoms with Gasteiger partial charge >= 0.3 is 0 Å². The van der Waals surface area contributed by atoms with Crippen LogP contribution >= 0.6 is 0 Å². The van der Waals surface area contributed by atoms with Crippen LogP contribution in [0.1, 0.15) is 23.6 Å². The van der Waals surface area contributed by atoms with Crippen LogP contribution in [0.3, 0.4) is 0 Å². The number of ether oxygens (including phenoxy) is 3. The first kappa shape index (κ1) is 30.2. The number of carbonyl (C=O) groups excluding carboxylic acids is 2. The van der Waals surface area contributed by atoms with Crippen molar-refractivity contribution in [3.63, 3.8) is 0 Å². The van der Waals surface area contributed by atoms with Gasteiger partial charge in [-0.25, -0.2) is 0 Å². The molecule has 0 saturated carbocycles. The standard InChI is InChI=1S/C36H37N3O5/c1-26(40)39(22-28-12-6-9-15-35(28)42-2)23-30(20-29-21-37-34-14-8-7-13-33(29)34)38-36(41)25-44-32-18-16-31(17-19-32)43-24-27-10-4-3-5-11-27/h3-19,21,30,37H,20,22-25H2,1-2H3,(H,38,41)/t30-/m1/s1. The molecular formula is C36H37N3O5. The van der Waals surface area contributed by atoms with Gasteiger partial charge in [-0.3, -0.25) is 9.59 Å². The Bertz CT molecular complexity index is 1670. The minimum Gasteiger partial charge on any atom is -0.496 e. The number of benzene rings is 4. The molecule has 5 rings (SSSR count). The highest BCUT2D eigenvalue weighted by Gasteiger charge is 2.22. The van der Waals surface area contributed by atoms with Crippen LogP contribution in [0.4, 0.5) is 0 Å². The van der Waals surface area contributed by atoms with E-state index in [2.05, 4.69) is 10.3 Å². The molecule has 226 valence electrons. The number of fused-ring (bicyclic) bond motifs is 1. The second-order valence-electron chi connectivity index (χ2n) is 10.6. The molecule has 0 bridgehead atoms. The number of aromatic nitrogens is 1. The van der Waals surface area contributed by atoms with Crippen LogP contribution < -0.4 is 19.5 Å². The molecule has 2 N–H and O–H groups in total. The van der Waals surface area contributed by atoms with Gasteiger partial charge in [-0.1, -0.05) is 66.7 Å². The number of methoxy groups -OCH3 is 1. The van der Waals surface area contributed by atoms with Crippen molar-refractivity contribution in [1.82, 2.24) is 15.2 Å². The Morgan fingerprint density at radius 3 is 2.25 bits per heavy atom. The summed E-state index contributed by atoms with van der Waals surface area (Å²) in [6, 6.07) is 32.4. The Morgan fingerprint density at radius 2 is 1.50 bits per heavy atom. The first-order valence-electron chi connectivity index (χ1n) is 14.6.